The molecule has 15 heteroatoms. The minimum Gasteiger partial charge on any atom is -0.508 e. The van der Waals surface area contributed by atoms with Crippen LogP contribution in [-0.2, 0) is 19.2 Å². The van der Waals surface area contributed by atoms with E-state index in [-0.39, 0.29) is 40.9 Å². The van der Waals surface area contributed by atoms with Gasteiger partial charge in [0.2, 0.25) is 11.8 Å². The van der Waals surface area contributed by atoms with Crippen LogP contribution in [0, 0.1) is 17.8 Å². The number of nitrogens with zero attached hydrogens (tertiary/aromatic N) is 2. The Bertz CT molecular complexity index is 2010. The molecule has 0 spiro atoms. The van der Waals surface area contributed by atoms with Crippen LogP contribution in [0.1, 0.15) is 40.2 Å². The van der Waals surface area contributed by atoms with Crippen molar-refractivity contribution in [1.82, 2.24) is 4.90 Å². The van der Waals surface area contributed by atoms with Gasteiger partial charge in [0.1, 0.15) is 11.5 Å². The summed E-state index contributed by atoms with van der Waals surface area (Å²) in [7, 11) is 0. The van der Waals surface area contributed by atoms with Crippen LogP contribution in [0.3, 0.4) is 0 Å². The maximum Gasteiger partial charge on any atom is 0.573 e. The molecule has 9 nitrogen and oxygen atoms in total. The number of imide groups is 2. The Morgan fingerprint density at radius 2 is 1.58 bits per heavy atom. The number of carbonyl (C=O) groups excluding carboxylic acids is 5. The summed E-state index contributed by atoms with van der Waals surface area (Å²) in [6.45, 7) is 0. The summed E-state index contributed by atoms with van der Waals surface area (Å²) in [6, 6.07) is 17.2. The number of allylic oxidation sites excluding steroid dienone is 2. The van der Waals surface area contributed by atoms with Crippen LogP contribution < -0.4 is 9.64 Å². The van der Waals surface area contributed by atoms with Crippen molar-refractivity contribution in [2.45, 2.75) is 34.9 Å². The highest BCUT2D eigenvalue weighted by Crippen LogP contribution is 2.66. The number of phenols is 1. The van der Waals surface area contributed by atoms with Crippen molar-refractivity contribution in [1.29, 1.82) is 0 Å². The van der Waals surface area contributed by atoms with Crippen LogP contribution in [0.4, 0.5) is 18.9 Å². The number of hydrogen-bond acceptors (Lipinski definition) is 7. The van der Waals surface area contributed by atoms with Crippen molar-refractivity contribution in [2.24, 2.45) is 17.8 Å². The largest absolute Gasteiger partial charge is 0.573 e. The first-order chi connectivity index (χ1) is 23.6. The third kappa shape index (κ3) is 4.99. The van der Waals surface area contributed by atoms with Gasteiger partial charge in [0.15, 0.2) is 15.5 Å². The van der Waals surface area contributed by atoms with E-state index in [9.17, 15) is 42.3 Å². The molecule has 0 radical (unpaired) electrons. The van der Waals surface area contributed by atoms with Gasteiger partial charge in [-0.25, -0.2) is 0 Å². The Morgan fingerprint density at radius 1 is 0.920 bits per heavy atom. The summed E-state index contributed by atoms with van der Waals surface area (Å²) in [5.41, 5.74) is 0.651. The van der Waals surface area contributed by atoms with Crippen LogP contribution in [0.15, 0.2) is 84.4 Å². The number of benzene rings is 3. The molecular formula is C35H24BrCl2F3N2O7. The molecule has 2 heterocycles. The number of halogens is 6. The summed E-state index contributed by atoms with van der Waals surface area (Å²) in [6.07, 6.45) is -3.91. The van der Waals surface area contributed by atoms with Crippen molar-refractivity contribution in [3.63, 3.8) is 0 Å². The normalized spacial score (nSPS) is 29.0. The predicted octanol–water partition coefficient (Wildman–Crippen LogP) is 6.44. The number of anilines is 1. The van der Waals surface area contributed by atoms with Crippen molar-refractivity contribution in [3.05, 3.63) is 101 Å². The summed E-state index contributed by atoms with van der Waals surface area (Å²) in [4.78, 5) is 66.0. The second kappa shape index (κ2) is 12.0. The second-order valence-corrected chi connectivity index (χ2v) is 14.3. The maximum absolute atomic E-state index is 14.3. The lowest BCUT2D eigenvalue weighted by molar-refractivity contribution is -0.274. The second-order valence-electron chi connectivity index (χ2n) is 12.5. The van der Waals surface area contributed by atoms with Crippen molar-refractivity contribution >= 4 is 74.2 Å². The van der Waals surface area contributed by atoms with E-state index in [1.807, 2.05) is 0 Å². The van der Waals surface area contributed by atoms with Gasteiger partial charge in [-0.1, -0.05) is 57.9 Å². The van der Waals surface area contributed by atoms with E-state index >= 15 is 0 Å². The SMILES string of the molecule is O=C(c1ccccc1)c1ccc(N2C(=O)C3CC=C4C(CC5(Cl)C(=O)N(CBr)C(=O)C5(Cl)C4c4cc(OC(F)(F)F)ccc4O)C3C2=O)cc1. The molecule has 3 aromatic rings. The number of likely N-dealkylation sites (tertiary alicyclic amines) is 1. The fourth-order valence-electron chi connectivity index (χ4n) is 7.83. The number of amides is 4. The van der Waals surface area contributed by atoms with Gasteiger partial charge in [-0.15, -0.1) is 36.4 Å². The predicted molar refractivity (Wildman–Crippen MR) is 177 cm³/mol. The molecule has 1 saturated carbocycles. The van der Waals surface area contributed by atoms with Crippen molar-refractivity contribution < 1.29 is 47.0 Å². The van der Waals surface area contributed by atoms with Gasteiger partial charge in [-0.2, -0.15) is 0 Å². The molecular weight excluding hydrogens is 768 g/mol. The van der Waals surface area contributed by atoms with Crippen LogP contribution in [0.5, 0.6) is 11.5 Å². The van der Waals surface area contributed by atoms with Gasteiger partial charge in [-0.05, 0) is 61.2 Å². The minimum atomic E-state index is -5.10. The lowest BCUT2D eigenvalue weighted by atomic mass is 9.56. The number of rotatable bonds is 6. The number of aromatic hydroxyl groups is 1. The Labute approximate surface area is 300 Å². The monoisotopic (exact) mass is 790 g/mol. The molecule has 3 fully saturated rings. The lowest BCUT2D eigenvalue weighted by Gasteiger charge is -2.50. The smallest absolute Gasteiger partial charge is 0.508 e. The Kier molecular flexibility index (Phi) is 8.19. The number of hydrogen-bond donors (Lipinski definition) is 1. The highest BCUT2D eigenvalue weighted by molar-refractivity contribution is 9.09. The van der Waals surface area contributed by atoms with E-state index in [0.29, 0.717) is 11.1 Å². The summed E-state index contributed by atoms with van der Waals surface area (Å²) in [5.74, 6) is -9.13. The number of ketones is 1. The zero-order valence-electron chi connectivity index (χ0n) is 25.5. The fraction of sp³-hybridized carbons (Fsp3) is 0.286. The van der Waals surface area contributed by atoms with E-state index in [1.165, 1.54) is 24.3 Å². The van der Waals surface area contributed by atoms with Crippen LogP contribution >= 0.6 is 39.1 Å². The molecule has 6 unspecified atom stereocenters. The van der Waals surface area contributed by atoms with E-state index in [1.54, 1.807) is 36.4 Å². The van der Waals surface area contributed by atoms with Crippen molar-refractivity contribution in [3.8, 4) is 11.5 Å². The summed E-state index contributed by atoms with van der Waals surface area (Å²) in [5, 5.41) is 11.0. The highest BCUT2D eigenvalue weighted by atomic mass is 79.9. The first-order valence-corrected chi connectivity index (χ1v) is 17.2. The number of fused-ring (bicyclic) bond motifs is 4. The molecule has 0 aromatic heterocycles. The Hall–Kier alpha value is -4.20. The summed E-state index contributed by atoms with van der Waals surface area (Å²) >= 11 is 17.4. The molecule has 2 aliphatic heterocycles. The molecule has 6 atom stereocenters. The highest BCUT2D eigenvalue weighted by Gasteiger charge is 2.76. The lowest BCUT2D eigenvalue weighted by Crippen LogP contribution is -2.60. The van der Waals surface area contributed by atoms with Gasteiger partial charge in [0, 0.05) is 22.6 Å². The van der Waals surface area contributed by atoms with Gasteiger partial charge in [0.25, 0.3) is 11.8 Å². The fourth-order valence-corrected chi connectivity index (χ4v) is 9.25. The van der Waals surface area contributed by atoms with Crippen LogP contribution in [0.25, 0.3) is 0 Å². The third-order valence-electron chi connectivity index (χ3n) is 9.98. The van der Waals surface area contributed by atoms with E-state index in [2.05, 4.69) is 20.7 Å². The molecule has 1 N–H and O–H groups in total. The first kappa shape index (κ1) is 34.3. The Morgan fingerprint density at radius 3 is 2.22 bits per heavy atom. The van der Waals surface area contributed by atoms with Gasteiger partial charge in [0.05, 0.1) is 23.0 Å². The summed E-state index contributed by atoms with van der Waals surface area (Å²) < 4.78 is 43.8. The number of carbonyl (C=O) groups is 5. The molecule has 258 valence electrons. The first-order valence-electron chi connectivity index (χ1n) is 15.3. The maximum atomic E-state index is 14.3. The van der Waals surface area contributed by atoms with Crippen LogP contribution in [-0.4, -0.2) is 61.0 Å². The number of phenolic OH excluding ortho intramolecular Hbond substituents is 1. The standard InChI is InChI=1S/C35H24BrCl2F3N2O7/c36-16-42-31(48)33(37)15-24-21(27(34(33,38)32(42)49)23-14-20(10-13-25(23)44)50-35(39,40)41)11-12-22-26(24)30(47)43(29(22)46)19-8-6-18(7-9-19)28(45)17-4-2-1-3-5-17/h1-11,13-14,22,24,26-27,44H,12,15-16H2. The molecule has 4 amide bonds. The number of ether oxygens (including phenoxy) is 1. The van der Waals surface area contributed by atoms with Crippen molar-refractivity contribution in [2.75, 3.05) is 10.4 Å². The van der Waals surface area contributed by atoms with Gasteiger partial charge < -0.3 is 9.84 Å². The zero-order valence-corrected chi connectivity index (χ0v) is 28.6. The number of alkyl halides is 6. The topological polar surface area (TPSA) is 121 Å². The molecule has 7 rings (SSSR count). The third-order valence-corrected chi connectivity index (χ3v) is 11.9. The van der Waals surface area contributed by atoms with E-state index in [4.69, 9.17) is 23.2 Å². The van der Waals surface area contributed by atoms with E-state index < -0.39 is 74.9 Å². The molecule has 2 aliphatic carbocycles. The molecule has 2 saturated heterocycles. The zero-order chi connectivity index (χ0) is 35.9. The minimum absolute atomic E-state index is 0.0231. The molecule has 4 aliphatic rings. The van der Waals surface area contributed by atoms with Gasteiger partial charge in [-0.3, -0.25) is 33.8 Å². The van der Waals surface area contributed by atoms with Crippen LogP contribution in [0.2, 0.25) is 0 Å². The molecule has 3 aromatic carbocycles. The van der Waals surface area contributed by atoms with Gasteiger partial charge >= 0.3 is 6.36 Å². The average Bonchev–Trinajstić information content (AvgIpc) is 3.42. The quantitative estimate of drug-likeness (QED) is 0.100. The molecule has 0 bridgehead atoms. The Balaban J connectivity index is 1.30. The average molecular weight is 792 g/mol. The van der Waals surface area contributed by atoms with E-state index in [0.717, 1.165) is 28.0 Å². The molecule has 50 heavy (non-hydrogen) atoms.